The fraction of sp³-hybridized carbons (Fsp3) is 0.375. The third kappa shape index (κ3) is 1.69. The van der Waals surface area contributed by atoms with E-state index in [9.17, 15) is 0 Å². The third-order valence-corrected chi connectivity index (χ3v) is 5.26. The maximum absolute atomic E-state index is 6.51. The van der Waals surface area contributed by atoms with E-state index in [1.165, 1.54) is 5.56 Å². The second-order valence-corrected chi connectivity index (χ2v) is 6.66. The first-order valence-electron chi connectivity index (χ1n) is 7.46. The Hall–Kier alpha value is -1.85. The van der Waals surface area contributed by atoms with Crippen molar-refractivity contribution in [1.29, 1.82) is 0 Å². The summed E-state index contributed by atoms with van der Waals surface area (Å²) in [6.45, 7) is 1.73. The molecule has 112 valence electrons. The molecule has 2 aromatic heterocycles. The highest BCUT2D eigenvalue weighted by molar-refractivity contribution is 6.32. The lowest BCUT2D eigenvalue weighted by Crippen LogP contribution is -1.99. The Labute approximate surface area is 132 Å². The van der Waals surface area contributed by atoms with E-state index in [2.05, 4.69) is 16.3 Å². The Kier molecular flexibility index (Phi) is 2.50. The van der Waals surface area contributed by atoms with Gasteiger partial charge in [-0.2, -0.15) is 10.2 Å². The van der Waals surface area contributed by atoms with Crippen LogP contribution in [0.25, 0.3) is 16.6 Å². The van der Waals surface area contributed by atoms with E-state index in [0.717, 1.165) is 34.8 Å². The summed E-state index contributed by atoms with van der Waals surface area (Å²) in [6.07, 6.45) is 5.63. The van der Waals surface area contributed by atoms with Gasteiger partial charge in [0.25, 0.3) is 0 Å². The molecule has 3 atom stereocenters. The minimum atomic E-state index is 0.544. The molecule has 0 radical (unpaired) electrons. The molecular formula is C16H15ClN4O. The van der Waals surface area contributed by atoms with Gasteiger partial charge in [-0.15, -0.1) is 0 Å². The van der Waals surface area contributed by atoms with Crippen molar-refractivity contribution in [3.8, 4) is 5.69 Å². The van der Waals surface area contributed by atoms with Crippen molar-refractivity contribution in [3.05, 3.63) is 41.3 Å². The van der Waals surface area contributed by atoms with Crippen LogP contribution in [0.2, 0.25) is 5.02 Å². The Morgan fingerprint density at radius 2 is 2.00 bits per heavy atom. The first-order chi connectivity index (χ1) is 10.7. The molecule has 0 spiro atoms. The van der Waals surface area contributed by atoms with Gasteiger partial charge in [-0.1, -0.05) is 11.6 Å². The van der Waals surface area contributed by atoms with Crippen molar-refractivity contribution >= 4 is 22.5 Å². The first kappa shape index (κ1) is 12.7. The zero-order valence-electron chi connectivity index (χ0n) is 12.1. The van der Waals surface area contributed by atoms with Crippen LogP contribution in [0.1, 0.15) is 11.5 Å². The first-order valence-corrected chi connectivity index (χ1v) is 7.84. The van der Waals surface area contributed by atoms with Crippen LogP contribution in [0.15, 0.2) is 30.7 Å². The molecule has 5 rings (SSSR count). The average molecular weight is 315 g/mol. The van der Waals surface area contributed by atoms with Gasteiger partial charge in [-0.25, -0.2) is 4.68 Å². The van der Waals surface area contributed by atoms with E-state index in [1.807, 2.05) is 36.4 Å². The molecule has 6 heteroatoms. The van der Waals surface area contributed by atoms with Crippen molar-refractivity contribution in [1.82, 2.24) is 19.6 Å². The maximum atomic E-state index is 6.51. The molecule has 1 aliphatic carbocycles. The zero-order valence-corrected chi connectivity index (χ0v) is 12.9. The van der Waals surface area contributed by atoms with Crippen LogP contribution in [0.5, 0.6) is 0 Å². The lowest BCUT2D eigenvalue weighted by atomic mass is 10.1. The minimum Gasteiger partial charge on any atom is -0.381 e. The second kappa shape index (κ2) is 4.33. The van der Waals surface area contributed by atoms with Crippen LogP contribution >= 0.6 is 11.6 Å². The van der Waals surface area contributed by atoms with Crippen molar-refractivity contribution in [3.63, 3.8) is 0 Å². The summed E-state index contributed by atoms with van der Waals surface area (Å²) in [5, 5.41) is 10.6. The molecule has 3 heterocycles. The summed E-state index contributed by atoms with van der Waals surface area (Å²) in [6, 6.07) is 4.22. The van der Waals surface area contributed by atoms with Crippen molar-refractivity contribution in [2.45, 2.75) is 5.92 Å². The Bertz CT molecular complexity index is 874. The summed E-state index contributed by atoms with van der Waals surface area (Å²) < 4.78 is 9.20. The molecule has 0 N–H and O–H groups in total. The van der Waals surface area contributed by atoms with Crippen LogP contribution < -0.4 is 0 Å². The number of hydrogen-bond acceptors (Lipinski definition) is 3. The average Bonchev–Trinajstić information content (AvgIpc) is 2.96. The largest absolute Gasteiger partial charge is 0.381 e. The SMILES string of the molecule is Cn1cc(-n2ncc3cc(Cl)c(C4C5COC[C@@H]54)cc32)cn1. The summed E-state index contributed by atoms with van der Waals surface area (Å²) in [7, 11) is 1.91. The smallest absolute Gasteiger partial charge is 0.103 e. The van der Waals surface area contributed by atoms with Gasteiger partial charge in [0.2, 0.25) is 0 Å². The Morgan fingerprint density at radius 3 is 2.73 bits per heavy atom. The van der Waals surface area contributed by atoms with Gasteiger partial charge >= 0.3 is 0 Å². The van der Waals surface area contributed by atoms with Crippen molar-refractivity contribution < 1.29 is 4.74 Å². The van der Waals surface area contributed by atoms with Gasteiger partial charge in [0.05, 0.1) is 37.3 Å². The molecule has 5 nitrogen and oxygen atoms in total. The number of hydrogen-bond donors (Lipinski definition) is 0. The number of aryl methyl sites for hydroxylation is 1. The van der Waals surface area contributed by atoms with Gasteiger partial charge in [0.15, 0.2) is 0 Å². The Balaban J connectivity index is 1.65. The fourth-order valence-electron chi connectivity index (χ4n) is 3.74. The second-order valence-electron chi connectivity index (χ2n) is 6.25. The van der Waals surface area contributed by atoms with Gasteiger partial charge in [-0.3, -0.25) is 4.68 Å². The molecule has 1 saturated carbocycles. The molecule has 1 saturated heterocycles. The predicted octanol–water partition coefficient (Wildman–Crippen LogP) is 2.77. The monoisotopic (exact) mass is 314 g/mol. The molecule has 2 fully saturated rings. The molecular weight excluding hydrogens is 300 g/mol. The Morgan fingerprint density at radius 1 is 1.18 bits per heavy atom. The fourth-order valence-corrected chi connectivity index (χ4v) is 4.04. The van der Waals surface area contributed by atoms with Gasteiger partial charge in [-0.05, 0) is 35.4 Å². The van der Waals surface area contributed by atoms with E-state index >= 15 is 0 Å². The molecule has 0 bridgehead atoms. The number of benzene rings is 1. The van der Waals surface area contributed by atoms with Gasteiger partial charge in [0.1, 0.15) is 5.69 Å². The van der Waals surface area contributed by atoms with E-state index in [1.54, 1.807) is 4.68 Å². The number of nitrogens with zero attached hydrogens (tertiary/aromatic N) is 4. The quantitative estimate of drug-likeness (QED) is 0.730. The highest BCUT2D eigenvalue weighted by atomic mass is 35.5. The highest BCUT2D eigenvalue weighted by Gasteiger charge is 2.55. The van der Waals surface area contributed by atoms with E-state index < -0.39 is 0 Å². The molecule has 22 heavy (non-hydrogen) atoms. The zero-order chi connectivity index (χ0) is 14.8. The molecule has 1 aliphatic heterocycles. The minimum absolute atomic E-state index is 0.544. The number of aromatic nitrogens is 4. The molecule has 1 aromatic carbocycles. The number of fused-ring (bicyclic) bond motifs is 2. The van der Waals surface area contributed by atoms with Crippen LogP contribution in [0, 0.1) is 11.8 Å². The molecule has 2 unspecified atom stereocenters. The lowest BCUT2D eigenvalue weighted by Gasteiger charge is -2.08. The summed E-state index contributed by atoms with van der Waals surface area (Å²) in [4.78, 5) is 0. The summed E-state index contributed by atoms with van der Waals surface area (Å²) >= 11 is 6.51. The van der Waals surface area contributed by atoms with Gasteiger partial charge < -0.3 is 4.74 Å². The van der Waals surface area contributed by atoms with E-state index in [0.29, 0.717) is 17.8 Å². The van der Waals surface area contributed by atoms with Crippen LogP contribution in [0.3, 0.4) is 0 Å². The van der Waals surface area contributed by atoms with Gasteiger partial charge in [0, 0.05) is 17.5 Å². The molecule has 0 amide bonds. The van der Waals surface area contributed by atoms with Crippen LogP contribution in [-0.4, -0.2) is 32.8 Å². The summed E-state index contributed by atoms with van der Waals surface area (Å²) in [5.74, 6) is 1.83. The van der Waals surface area contributed by atoms with E-state index in [4.69, 9.17) is 16.3 Å². The third-order valence-electron chi connectivity index (χ3n) is 4.93. The number of ether oxygens (including phenoxy) is 1. The van der Waals surface area contributed by atoms with Crippen molar-refractivity contribution in [2.24, 2.45) is 18.9 Å². The lowest BCUT2D eigenvalue weighted by molar-refractivity contribution is 0.160. The maximum Gasteiger partial charge on any atom is 0.103 e. The number of rotatable bonds is 2. The summed E-state index contributed by atoms with van der Waals surface area (Å²) in [5.41, 5.74) is 3.28. The van der Waals surface area contributed by atoms with Crippen molar-refractivity contribution in [2.75, 3.05) is 13.2 Å². The highest BCUT2D eigenvalue weighted by Crippen LogP contribution is 2.59. The topological polar surface area (TPSA) is 44.9 Å². The predicted molar refractivity (Wildman–Crippen MR) is 83.4 cm³/mol. The molecule has 2 aliphatic rings. The normalized spacial score (nSPS) is 26.5. The number of halogens is 1. The van der Waals surface area contributed by atoms with Crippen LogP contribution in [-0.2, 0) is 11.8 Å². The molecule has 3 aromatic rings. The van der Waals surface area contributed by atoms with Crippen LogP contribution in [0.4, 0.5) is 0 Å². The standard InChI is InChI=1S/C16H15ClN4O/c1-20-6-10(5-18-20)21-15-3-11(14(17)2-9(15)4-19-21)16-12-7-22-8-13(12)16/h2-6,12-13,16H,7-8H2,1H3/t12-,13?,16?/m0/s1. The van der Waals surface area contributed by atoms with E-state index in [-0.39, 0.29) is 0 Å².